The van der Waals surface area contributed by atoms with Gasteiger partial charge >= 0.3 is 0 Å². The number of benzene rings is 1. The van der Waals surface area contributed by atoms with Gasteiger partial charge in [0.15, 0.2) is 5.82 Å². The summed E-state index contributed by atoms with van der Waals surface area (Å²) in [4.78, 5) is 19.5. The van der Waals surface area contributed by atoms with Crippen LogP contribution in [-0.2, 0) is 13.0 Å². The summed E-state index contributed by atoms with van der Waals surface area (Å²) >= 11 is 5.85. The summed E-state index contributed by atoms with van der Waals surface area (Å²) in [6.07, 6.45) is 1.78. The number of halogens is 1. The number of nitrogens with zero attached hydrogens (tertiary/aromatic N) is 3. The van der Waals surface area contributed by atoms with Crippen LogP contribution in [0, 0.1) is 0 Å². The lowest BCUT2D eigenvalue weighted by molar-refractivity contribution is 0.825. The highest BCUT2D eigenvalue weighted by atomic mass is 35.5. The van der Waals surface area contributed by atoms with E-state index >= 15 is 0 Å². The molecule has 2 aromatic heterocycles. The monoisotopic (exact) mass is 317 g/mol. The molecule has 1 aromatic carbocycles. The number of fused-ring (bicyclic) bond motifs is 1. The Morgan fingerprint density at radius 2 is 2.09 bits per heavy atom. The normalized spacial score (nSPS) is 11.0. The van der Waals surface area contributed by atoms with Gasteiger partial charge in [0.1, 0.15) is 0 Å². The van der Waals surface area contributed by atoms with E-state index in [1.165, 1.54) is 4.52 Å². The van der Waals surface area contributed by atoms with Crippen molar-refractivity contribution in [2.24, 2.45) is 0 Å². The van der Waals surface area contributed by atoms with E-state index in [2.05, 4.69) is 27.3 Å². The molecule has 6 nitrogen and oxygen atoms in total. The highest BCUT2D eigenvalue weighted by Crippen LogP contribution is 2.13. The van der Waals surface area contributed by atoms with Crippen LogP contribution in [0.1, 0.15) is 24.9 Å². The first-order valence-corrected chi connectivity index (χ1v) is 7.51. The number of hydrogen-bond donors (Lipinski definition) is 2. The Labute approximate surface area is 132 Å². The second-order valence-corrected chi connectivity index (χ2v) is 5.44. The topological polar surface area (TPSA) is 75.1 Å². The van der Waals surface area contributed by atoms with Crippen LogP contribution in [-0.4, -0.2) is 19.6 Å². The molecule has 3 aromatic rings. The van der Waals surface area contributed by atoms with Gasteiger partial charge in [-0.2, -0.15) is 9.50 Å². The Kier molecular flexibility index (Phi) is 4.11. The fourth-order valence-corrected chi connectivity index (χ4v) is 2.33. The van der Waals surface area contributed by atoms with Crippen molar-refractivity contribution in [3.8, 4) is 0 Å². The maximum Gasteiger partial charge on any atom is 0.275 e. The van der Waals surface area contributed by atoms with E-state index in [-0.39, 0.29) is 5.56 Å². The largest absolute Gasteiger partial charge is 0.378 e. The number of aromatic nitrogens is 4. The zero-order valence-electron chi connectivity index (χ0n) is 12.1. The van der Waals surface area contributed by atoms with Crippen LogP contribution in [0.25, 0.3) is 5.78 Å². The Morgan fingerprint density at radius 3 is 2.82 bits per heavy atom. The summed E-state index contributed by atoms with van der Waals surface area (Å²) in [7, 11) is 0. The maximum atomic E-state index is 12.0. The zero-order chi connectivity index (χ0) is 15.5. The van der Waals surface area contributed by atoms with Crippen LogP contribution < -0.4 is 10.9 Å². The summed E-state index contributed by atoms with van der Waals surface area (Å²) in [5, 5.41) is 8.10. The highest BCUT2D eigenvalue weighted by Gasteiger charge is 2.08. The number of H-pyrrole nitrogens is 1. The highest BCUT2D eigenvalue weighted by molar-refractivity contribution is 6.30. The van der Waals surface area contributed by atoms with Crippen LogP contribution in [0.2, 0.25) is 5.02 Å². The van der Waals surface area contributed by atoms with Crippen molar-refractivity contribution in [1.29, 1.82) is 0 Å². The predicted molar refractivity (Wildman–Crippen MR) is 86.4 cm³/mol. The molecule has 0 fully saturated rings. The molecule has 0 radical (unpaired) electrons. The molecular weight excluding hydrogens is 302 g/mol. The lowest BCUT2D eigenvalue weighted by Gasteiger charge is -2.02. The molecule has 0 bridgehead atoms. The molecule has 3 rings (SSSR count). The number of anilines is 1. The third-order valence-corrected chi connectivity index (χ3v) is 3.50. The van der Waals surface area contributed by atoms with E-state index in [4.69, 9.17) is 11.6 Å². The average molecular weight is 318 g/mol. The third kappa shape index (κ3) is 3.12. The van der Waals surface area contributed by atoms with Gasteiger partial charge in [0.05, 0.1) is 6.54 Å². The molecule has 0 atom stereocenters. The van der Waals surface area contributed by atoms with Gasteiger partial charge < -0.3 is 10.3 Å². The molecule has 0 saturated carbocycles. The van der Waals surface area contributed by atoms with Crippen molar-refractivity contribution in [1.82, 2.24) is 19.6 Å². The van der Waals surface area contributed by atoms with Gasteiger partial charge in [-0.05, 0) is 30.7 Å². The minimum Gasteiger partial charge on any atom is -0.378 e. The summed E-state index contributed by atoms with van der Waals surface area (Å²) in [6, 6.07) is 8.94. The second-order valence-electron chi connectivity index (χ2n) is 5.01. The van der Waals surface area contributed by atoms with Crippen molar-refractivity contribution in [3.05, 3.63) is 57.2 Å². The van der Waals surface area contributed by atoms with Crippen molar-refractivity contribution in [2.45, 2.75) is 26.3 Å². The SMILES string of the molecule is CCCc1cc(=O)n2nc(CNc3ccc(Cl)cc3)nc2[nH]1. The minimum atomic E-state index is -0.164. The lowest BCUT2D eigenvalue weighted by Crippen LogP contribution is -2.15. The molecule has 0 aliphatic carbocycles. The Morgan fingerprint density at radius 1 is 1.32 bits per heavy atom. The van der Waals surface area contributed by atoms with Crippen LogP contribution >= 0.6 is 11.6 Å². The summed E-state index contributed by atoms with van der Waals surface area (Å²) < 4.78 is 1.29. The van der Waals surface area contributed by atoms with E-state index in [1.807, 2.05) is 24.3 Å². The summed E-state index contributed by atoms with van der Waals surface area (Å²) in [5.41, 5.74) is 1.63. The van der Waals surface area contributed by atoms with Crippen LogP contribution in [0.5, 0.6) is 0 Å². The molecule has 0 spiro atoms. The van der Waals surface area contributed by atoms with Crippen LogP contribution in [0.4, 0.5) is 5.69 Å². The number of hydrogen-bond acceptors (Lipinski definition) is 4. The molecule has 0 saturated heterocycles. The minimum absolute atomic E-state index is 0.164. The zero-order valence-corrected chi connectivity index (χ0v) is 12.9. The van der Waals surface area contributed by atoms with Crippen LogP contribution in [0.3, 0.4) is 0 Å². The van der Waals surface area contributed by atoms with Crippen molar-refractivity contribution in [2.75, 3.05) is 5.32 Å². The molecule has 2 heterocycles. The van der Waals surface area contributed by atoms with Gasteiger partial charge in [-0.15, -0.1) is 5.10 Å². The fourth-order valence-electron chi connectivity index (χ4n) is 2.21. The summed E-state index contributed by atoms with van der Waals surface area (Å²) in [5.74, 6) is 1.03. The first kappa shape index (κ1) is 14.6. The molecule has 7 heteroatoms. The van der Waals surface area contributed by atoms with Crippen LogP contribution in [0.15, 0.2) is 35.1 Å². The molecule has 2 N–H and O–H groups in total. The van der Waals surface area contributed by atoms with E-state index in [9.17, 15) is 4.79 Å². The van der Waals surface area contributed by atoms with Crippen molar-refractivity contribution in [3.63, 3.8) is 0 Å². The predicted octanol–water partition coefficient (Wildman–Crippen LogP) is 2.64. The smallest absolute Gasteiger partial charge is 0.275 e. The second kappa shape index (κ2) is 6.19. The summed E-state index contributed by atoms with van der Waals surface area (Å²) in [6.45, 7) is 2.49. The van der Waals surface area contributed by atoms with Gasteiger partial charge in [-0.25, -0.2) is 0 Å². The van der Waals surface area contributed by atoms with E-state index in [1.54, 1.807) is 6.07 Å². The molecule has 0 amide bonds. The van der Waals surface area contributed by atoms with Crippen molar-refractivity contribution >= 4 is 23.1 Å². The quantitative estimate of drug-likeness (QED) is 0.758. The molecule has 22 heavy (non-hydrogen) atoms. The van der Waals surface area contributed by atoms with Gasteiger partial charge in [-0.1, -0.05) is 24.9 Å². The van der Waals surface area contributed by atoms with E-state index in [0.29, 0.717) is 23.2 Å². The van der Waals surface area contributed by atoms with Gasteiger partial charge in [0, 0.05) is 22.5 Å². The van der Waals surface area contributed by atoms with E-state index in [0.717, 1.165) is 24.2 Å². The third-order valence-electron chi connectivity index (χ3n) is 3.24. The number of aryl methyl sites for hydroxylation is 1. The molecule has 0 aliphatic rings. The standard InChI is InChI=1S/C15H16ClN5O/c1-2-3-12-8-14(22)21-15(18-12)19-13(20-21)9-17-11-6-4-10(16)5-7-11/h4-8,17H,2-3,9H2,1H3,(H,18,19,20). The van der Waals surface area contributed by atoms with E-state index < -0.39 is 0 Å². The number of rotatable bonds is 5. The molecular formula is C15H16ClN5O. The Bertz CT molecular complexity index is 837. The molecule has 0 unspecified atom stereocenters. The maximum absolute atomic E-state index is 12.0. The molecule has 114 valence electrons. The fraction of sp³-hybridized carbons (Fsp3) is 0.267. The Balaban J connectivity index is 1.81. The first-order chi connectivity index (χ1) is 10.7. The average Bonchev–Trinajstić information content (AvgIpc) is 2.91. The number of aromatic amines is 1. The van der Waals surface area contributed by atoms with Gasteiger partial charge in [0.2, 0.25) is 5.78 Å². The number of nitrogens with one attached hydrogen (secondary N) is 2. The lowest BCUT2D eigenvalue weighted by atomic mass is 10.2. The Hall–Kier alpha value is -2.34. The first-order valence-electron chi connectivity index (χ1n) is 7.13. The van der Waals surface area contributed by atoms with Gasteiger partial charge in [-0.3, -0.25) is 4.79 Å². The van der Waals surface area contributed by atoms with Crippen molar-refractivity contribution < 1.29 is 0 Å². The molecule has 0 aliphatic heterocycles. The van der Waals surface area contributed by atoms with Gasteiger partial charge in [0.25, 0.3) is 5.56 Å².